The number of methoxy groups -OCH3 is 1. The summed E-state index contributed by atoms with van der Waals surface area (Å²) in [5.41, 5.74) is 0.916. The van der Waals surface area contributed by atoms with Crippen molar-refractivity contribution in [1.29, 1.82) is 0 Å². The second-order valence-electron chi connectivity index (χ2n) is 6.45. The Morgan fingerprint density at radius 2 is 2.04 bits per heavy atom. The number of hydrogen-bond donors (Lipinski definition) is 2. The van der Waals surface area contributed by atoms with Crippen molar-refractivity contribution in [2.24, 2.45) is 0 Å². The van der Waals surface area contributed by atoms with Gasteiger partial charge in [-0.2, -0.15) is 0 Å². The number of anilines is 2. The number of nitrogens with one attached hydrogen (secondary N) is 2. The zero-order valence-electron chi connectivity index (χ0n) is 14.7. The fourth-order valence-electron chi connectivity index (χ4n) is 2.00. The first-order valence-corrected chi connectivity index (χ1v) is 7.80. The first kappa shape index (κ1) is 18.9. The predicted octanol–water partition coefficient (Wildman–Crippen LogP) is 4.81. The van der Waals surface area contributed by atoms with Gasteiger partial charge in [-0.3, -0.25) is 5.32 Å². The first-order chi connectivity index (χ1) is 10.7. The van der Waals surface area contributed by atoms with Gasteiger partial charge in [0.1, 0.15) is 11.4 Å². The van der Waals surface area contributed by atoms with Crippen LogP contribution in [0.15, 0.2) is 30.9 Å². The Bertz CT molecular complexity index is 536. The van der Waals surface area contributed by atoms with Gasteiger partial charge in [0.15, 0.2) is 0 Å². The molecule has 1 aromatic rings. The van der Waals surface area contributed by atoms with Crippen LogP contribution in [0.5, 0.6) is 5.75 Å². The quantitative estimate of drug-likeness (QED) is 0.708. The zero-order valence-corrected chi connectivity index (χ0v) is 14.7. The van der Waals surface area contributed by atoms with Gasteiger partial charge in [-0.05, 0) is 52.7 Å². The molecule has 0 radical (unpaired) electrons. The summed E-state index contributed by atoms with van der Waals surface area (Å²) in [6, 6.07) is 5.69. The highest BCUT2D eigenvalue weighted by atomic mass is 16.6. The fourth-order valence-corrected chi connectivity index (χ4v) is 2.00. The molecule has 0 aliphatic rings. The molecule has 0 aliphatic heterocycles. The molecule has 0 spiro atoms. The van der Waals surface area contributed by atoms with Crippen LogP contribution < -0.4 is 15.4 Å². The van der Waals surface area contributed by atoms with Gasteiger partial charge in [-0.25, -0.2) is 4.79 Å². The van der Waals surface area contributed by atoms with Crippen molar-refractivity contribution in [3.8, 4) is 5.75 Å². The molecule has 128 valence electrons. The molecule has 1 unspecified atom stereocenters. The van der Waals surface area contributed by atoms with Crippen molar-refractivity contribution in [2.45, 2.75) is 52.2 Å². The van der Waals surface area contributed by atoms with Crippen LogP contribution in [0.4, 0.5) is 16.2 Å². The van der Waals surface area contributed by atoms with Crippen LogP contribution in [0.1, 0.15) is 40.5 Å². The average Bonchev–Trinajstić information content (AvgIpc) is 2.45. The number of hydrogen-bond acceptors (Lipinski definition) is 4. The van der Waals surface area contributed by atoms with Gasteiger partial charge in [-0.1, -0.05) is 6.08 Å². The second-order valence-corrected chi connectivity index (χ2v) is 6.45. The second kappa shape index (κ2) is 8.46. The number of allylic oxidation sites excluding steroid dienone is 1. The molecule has 1 rings (SSSR count). The van der Waals surface area contributed by atoms with Crippen molar-refractivity contribution < 1.29 is 14.3 Å². The van der Waals surface area contributed by atoms with Crippen molar-refractivity contribution in [3.05, 3.63) is 30.9 Å². The molecule has 0 aromatic heterocycles. The zero-order chi connectivity index (χ0) is 17.5. The lowest BCUT2D eigenvalue weighted by Crippen LogP contribution is -2.27. The third-order valence-corrected chi connectivity index (χ3v) is 3.07. The maximum absolute atomic E-state index is 12.0. The van der Waals surface area contributed by atoms with Crippen molar-refractivity contribution >= 4 is 17.5 Å². The number of carbonyl (C=O) groups is 1. The highest BCUT2D eigenvalue weighted by Crippen LogP contribution is 2.28. The van der Waals surface area contributed by atoms with Crippen LogP contribution in [-0.4, -0.2) is 24.8 Å². The van der Waals surface area contributed by atoms with Gasteiger partial charge in [0, 0.05) is 12.1 Å². The van der Waals surface area contributed by atoms with Gasteiger partial charge < -0.3 is 14.8 Å². The third-order valence-electron chi connectivity index (χ3n) is 3.07. The summed E-state index contributed by atoms with van der Waals surface area (Å²) >= 11 is 0. The Hall–Kier alpha value is -2.17. The topological polar surface area (TPSA) is 59.6 Å². The highest BCUT2D eigenvalue weighted by molar-refractivity contribution is 5.90. The minimum absolute atomic E-state index is 0.235. The molecule has 1 aromatic carbocycles. The predicted molar refractivity (Wildman–Crippen MR) is 95.4 cm³/mol. The summed E-state index contributed by atoms with van der Waals surface area (Å²) in [5.74, 6) is 0.721. The van der Waals surface area contributed by atoms with E-state index in [2.05, 4.69) is 24.1 Å². The maximum atomic E-state index is 12.0. The summed E-state index contributed by atoms with van der Waals surface area (Å²) < 4.78 is 10.6. The fraction of sp³-hybridized carbons (Fsp3) is 0.500. The molecule has 0 bridgehead atoms. The highest BCUT2D eigenvalue weighted by Gasteiger charge is 2.18. The molecule has 1 amide bonds. The van der Waals surface area contributed by atoms with Crippen molar-refractivity contribution in [1.82, 2.24) is 0 Å². The average molecular weight is 320 g/mol. The third kappa shape index (κ3) is 7.08. The van der Waals surface area contributed by atoms with Gasteiger partial charge in [0.25, 0.3) is 0 Å². The standard InChI is InChI=1S/C18H28N2O3/c1-7-8-9-13(2)19-16-12-14(22-6)10-11-15(16)20-17(21)23-18(3,4)5/h7,10-13,19H,1,8-9H2,2-6H3,(H,20,21). The lowest BCUT2D eigenvalue weighted by atomic mass is 10.1. The summed E-state index contributed by atoms with van der Waals surface area (Å²) in [5, 5.41) is 6.17. The Labute approximate surface area is 139 Å². The van der Waals surface area contributed by atoms with E-state index in [1.807, 2.05) is 32.9 Å². The van der Waals surface area contributed by atoms with Gasteiger partial charge in [-0.15, -0.1) is 6.58 Å². The van der Waals surface area contributed by atoms with E-state index in [0.29, 0.717) is 5.69 Å². The number of benzene rings is 1. The molecular formula is C18H28N2O3. The Morgan fingerprint density at radius 3 is 2.61 bits per heavy atom. The van der Waals surface area contributed by atoms with Crippen molar-refractivity contribution in [3.63, 3.8) is 0 Å². The Morgan fingerprint density at radius 1 is 1.35 bits per heavy atom. The molecule has 0 aliphatic carbocycles. The number of amides is 1. The van der Waals surface area contributed by atoms with Gasteiger partial charge in [0.05, 0.1) is 18.5 Å². The lowest BCUT2D eigenvalue weighted by Gasteiger charge is -2.22. The lowest BCUT2D eigenvalue weighted by molar-refractivity contribution is 0.0636. The summed E-state index contributed by atoms with van der Waals surface area (Å²) in [4.78, 5) is 12.0. The summed E-state index contributed by atoms with van der Waals surface area (Å²) in [7, 11) is 1.61. The largest absolute Gasteiger partial charge is 0.497 e. The van der Waals surface area contributed by atoms with E-state index in [4.69, 9.17) is 9.47 Å². The molecule has 1 atom stereocenters. The molecule has 0 saturated carbocycles. The number of rotatable bonds is 7. The molecule has 23 heavy (non-hydrogen) atoms. The van der Waals surface area contributed by atoms with E-state index < -0.39 is 11.7 Å². The van der Waals surface area contributed by atoms with E-state index >= 15 is 0 Å². The monoisotopic (exact) mass is 320 g/mol. The van der Waals surface area contributed by atoms with Crippen LogP contribution in [0.2, 0.25) is 0 Å². The van der Waals surface area contributed by atoms with E-state index in [0.717, 1.165) is 24.3 Å². The minimum atomic E-state index is -0.540. The van der Waals surface area contributed by atoms with Crippen LogP contribution in [0, 0.1) is 0 Å². The van der Waals surface area contributed by atoms with Gasteiger partial charge >= 0.3 is 6.09 Å². The van der Waals surface area contributed by atoms with Crippen LogP contribution in [0.3, 0.4) is 0 Å². The normalized spacial score (nSPS) is 12.2. The molecule has 0 fully saturated rings. The van der Waals surface area contributed by atoms with Crippen LogP contribution >= 0.6 is 0 Å². The Kier molecular flexibility index (Phi) is 6.94. The molecular weight excluding hydrogens is 292 g/mol. The number of carbonyl (C=O) groups excluding carboxylic acids is 1. The van der Waals surface area contributed by atoms with Crippen molar-refractivity contribution in [2.75, 3.05) is 17.7 Å². The molecule has 5 heteroatoms. The van der Waals surface area contributed by atoms with Crippen LogP contribution in [0.25, 0.3) is 0 Å². The molecule has 5 nitrogen and oxygen atoms in total. The smallest absolute Gasteiger partial charge is 0.412 e. The van der Waals surface area contributed by atoms with E-state index in [9.17, 15) is 4.79 Å². The summed E-state index contributed by atoms with van der Waals surface area (Å²) in [6.07, 6.45) is 3.29. The van der Waals surface area contributed by atoms with E-state index in [1.54, 1.807) is 19.2 Å². The molecule has 0 saturated heterocycles. The van der Waals surface area contributed by atoms with E-state index in [1.165, 1.54) is 0 Å². The maximum Gasteiger partial charge on any atom is 0.412 e. The molecule has 0 heterocycles. The first-order valence-electron chi connectivity index (χ1n) is 7.80. The Balaban J connectivity index is 2.88. The minimum Gasteiger partial charge on any atom is -0.497 e. The number of ether oxygens (including phenoxy) is 2. The SMILES string of the molecule is C=CCCC(C)Nc1cc(OC)ccc1NC(=O)OC(C)(C)C. The summed E-state index contributed by atoms with van der Waals surface area (Å²) in [6.45, 7) is 11.3. The van der Waals surface area contributed by atoms with Crippen LogP contribution in [-0.2, 0) is 4.74 Å². The van der Waals surface area contributed by atoms with Gasteiger partial charge in [0.2, 0.25) is 0 Å². The molecule has 2 N–H and O–H groups in total. The van der Waals surface area contributed by atoms with E-state index in [-0.39, 0.29) is 6.04 Å².